The maximum Gasteiger partial charge on any atom is 0.129 e. The van der Waals surface area contributed by atoms with Crippen LogP contribution in [-0.4, -0.2) is 11.0 Å². The minimum atomic E-state index is 0.342. The van der Waals surface area contributed by atoms with Crippen molar-refractivity contribution >= 4 is 11.6 Å². The van der Waals surface area contributed by atoms with Gasteiger partial charge in [-0.05, 0) is 31.4 Å². The van der Waals surface area contributed by atoms with Gasteiger partial charge in [-0.2, -0.15) is 0 Å². The summed E-state index contributed by atoms with van der Waals surface area (Å²) in [6.45, 7) is 0. The lowest BCUT2D eigenvalue weighted by atomic mass is 9.84. The molecule has 1 heterocycles. The molecule has 1 aromatic rings. The van der Waals surface area contributed by atoms with Gasteiger partial charge in [0.1, 0.15) is 5.15 Å². The number of hydrogen-bond donors (Lipinski definition) is 1. The second-order valence-corrected chi connectivity index (χ2v) is 4.40. The quantitative estimate of drug-likeness (QED) is 0.724. The van der Waals surface area contributed by atoms with Crippen LogP contribution in [0.5, 0.6) is 0 Å². The molecule has 1 aromatic heterocycles. The maximum atomic E-state index is 5.94. The van der Waals surface area contributed by atoms with Gasteiger partial charge in [0.15, 0.2) is 0 Å². The van der Waals surface area contributed by atoms with Crippen molar-refractivity contribution in [2.45, 2.75) is 37.6 Å². The molecule has 1 fully saturated rings. The van der Waals surface area contributed by atoms with Crippen molar-refractivity contribution in [1.29, 1.82) is 0 Å². The van der Waals surface area contributed by atoms with E-state index in [1.165, 1.54) is 12.8 Å². The van der Waals surface area contributed by atoms with E-state index in [1.54, 1.807) is 0 Å². The fourth-order valence-electron chi connectivity index (χ4n) is 2.15. The molecular formula is C11H15ClN2. The molecule has 2 unspecified atom stereocenters. The summed E-state index contributed by atoms with van der Waals surface area (Å²) >= 11 is 5.86. The Labute approximate surface area is 89.5 Å². The molecule has 1 aliphatic carbocycles. The standard InChI is InChI=1S/C11H15ClN2/c12-11-6-2-5-10(14-11)8-3-1-4-9(13)7-8/h2,5-6,8-9H,1,3-4,7,13H2. The van der Waals surface area contributed by atoms with Gasteiger partial charge in [-0.25, -0.2) is 4.98 Å². The van der Waals surface area contributed by atoms with E-state index in [-0.39, 0.29) is 0 Å². The van der Waals surface area contributed by atoms with Crippen LogP contribution >= 0.6 is 11.6 Å². The lowest BCUT2D eigenvalue weighted by Gasteiger charge is -2.26. The second kappa shape index (κ2) is 4.28. The normalized spacial score (nSPS) is 27.6. The number of aromatic nitrogens is 1. The first-order chi connectivity index (χ1) is 6.75. The van der Waals surface area contributed by atoms with E-state index in [4.69, 9.17) is 17.3 Å². The molecule has 2 atom stereocenters. The van der Waals surface area contributed by atoms with Crippen molar-refractivity contribution < 1.29 is 0 Å². The van der Waals surface area contributed by atoms with E-state index in [0.29, 0.717) is 17.1 Å². The third kappa shape index (κ3) is 2.25. The SMILES string of the molecule is NC1CCCC(c2cccc(Cl)n2)C1. The molecule has 1 aliphatic rings. The van der Waals surface area contributed by atoms with E-state index in [2.05, 4.69) is 11.1 Å². The van der Waals surface area contributed by atoms with Crippen LogP contribution in [0.1, 0.15) is 37.3 Å². The van der Waals surface area contributed by atoms with E-state index in [1.807, 2.05) is 12.1 Å². The lowest BCUT2D eigenvalue weighted by molar-refractivity contribution is 0.388. The number of nitrogens with zero attached hydrogens (tertiary/aromatic N) is 1. The van der Waals surface area contributed by atoms with Gasteiger partial charge in [-0.15, -0.1) is 0 Å². The Morgan fingerprint density at radius 3 is 2.93 bits per heavy atom. The Bertz CT molecular complexity index is 314. The smallest absolute Gasteiger partial charge is 0.129 e. The van der Waals surface area contributed by atoms with Crippen LogP contribution in [-0.2, 0) is 0 Å². The topological polar surface area (TPSA) is 38.9 Å². The van der Waals surface area contributed by atoms with Gasteiger partial charge in [0.2, 0.25) is 0 Å². The molecule has 2 rings (SSSR count). The highest BCUT2D eigenvalue weighted by molar-refractivity contribution is 6.29. The Morgan fingerprint density at radius 1 is 1.36 bits per heavy atom. The number of rotatable bonds is 1. The van der Waals surface area contributed by atoms with Crippen molar-refractivity contribution in [3.63, 3.8) is 0 Å². The zero-order chi connectivity index (χ0) is 9.97. The molecule has 0 aliphatic heterocycles. The first-order valence-electron chi connectivity index (χ1n) is 5.14. The van der Waals surface area contributed by atoms with Gasteiger partial charge >= 0.3 is 0 Å². The molecule has 1 saturated carbocycles. The molecule has 14 heavy (non-hydrogen) atoms. The second-order valence-electron chi connectivity index (χ2n) is 4.01. The summed E-state index contributed by atoms with van der Waals surface area (Å²) in [5.74, 6) is 0.512. The van der Waals surface area contributed by atoms with Crippen LogP contribution in [0.3, 0.4) is 0 Å². The first kappa shape index (κ1) is 9.94. The molecule has 0 spiro atoms. The van der Waals surface area contributed by atoms with Crippen LogP contribution in [0.2, 0.25) is 5.15 Å². The van der Waals surface area contributed by atoms with Crippen LogP contribution in [0.25, 0.3) is 0 Å². The van der Waals surface area contributed by atoms with Crippen LogP contribution in [0.4, 0.5) is 0 Å². The summed E-state index contributed by atoms with van der Waals surface area (Å²) in [7, 11) is 0. The van der Waals surface area contributed by atoms with E-state index in [0.717, 1.165) is 18.5 Å². The Hall–Kier alpha value is -0.600. The predicted molar refractivity (Wildman–Crippen MR) is 58.4 cm³/mol. The average molecular weight is 211 g/mol. The van der Waals surface area contributed by atoms with E-state index >= 15 is 0 Å². The fourth-order valence-corrected chi connectivity index (χ4v) is 2.32. The predicted octanol–water partition coefficient (Wildman–Crippen LogP) is 2.72. The van der Waals surface area contributed by atoms with Crippen molar-refractivity contribution in [3.05, 3.63) is 29.0 Å². The summed E-state index contributed by atoms with van der Waals surface area (Å²) < 4.78 is 0. The molecule has 76 valence electrons. The van der Waals surface area contributed by atoms with Gasteiger partial charge in [-0.1, -0.05) is 24.1 Å². The summed E-state index contributed by atoms with van der Waals surface area (Å²) in [6.07, 6.45) is 4.60. The van der Waals surface area contributed by atoms with Gasteiger partial charge in [0.05, 0.1) is 0 Å². The molecular weight excluding hydrogens is 196 g/mol. The molecule has 2 N–H and O–H groups in total. The fraction of sp³-hybridized carbons (Fsp3) is 0.545. The van der Waals surface area contributed by atoms with Crippen molar-refractivity contribution in [2.24, 2.45) is 5.73 Å². The summed E-state index contributed by atoms with van der Waals surface area (Å²) in [4.78, 5) is 4.34. The maximum absolute atomic E-state index is 5.94. The van der Waals surface area contributed by atoms with E-state index in [9.17, 15) is 0 Å². The summed E-state index contributed by atoms with van der Waals surface area (Å²) in [5, 5.41) is 0.585. The zero-order valence-corrected chi connectivity index (χ0v) is 8.87. The third-order valence-corrected chi connectivity index (χ3v) is 3.08. The lowest BCUT2D eigenvalue weighted by Crippen LogP contribution is -2.27. The Kier molecular flexibility index (Phi) is 3.04. The molecule has 3 heteroatoms. The molecule has 0 saturated heterocycles. The van der Waals surface area contributed by atoms with Gasteiger partial charge in [0.25, 0.3) is 0 Å². The molecule has 0 aromatic carbocycles. The molecule has 0 radical (unpaired) electrons. The monoisotopic (exact) mass is 210 g/mol. The minimum absolute atomic E-state index is 0.342. The summed E-state index contributed by atoms with van der Waals surface area (Å²) in [6, 6.07) is 6.17. The number of pyridine rings is 1. The minimum Gasteiger partial charge on any atom is -0.328 e. The Balaban J connectivity index is 2.14. The number of hydrogen-bond acceptors (Lipinski definition) is 2. The Morgan fingerprint density at radius 2 is 2.21 bits per heavy atom. The third-order valence-electron chi connectivity index (χ3n) is 2.87. The molecule has 0 amide bonds. The van der Waals surface area contributed by atoms with Crippen molar-refractivity contribution in [1.82, 2.24) is 4.98 Å². The zero-order valence-electron chi connectivity index (χ0n) is 8.12. The van der Waals surface area contributed by atoms with Crippen LogP contribution in [0, 0.1) is 0 Å². The van der Waals surface area contributed by atoms with Gasteiger partial charge in [0, 0.05) is 17.7 Å². The molecule has 2 nitrogen and oxygen atoms in total. The molecule has 0 bridgehead atoms. The number of nitrogens with two attached hydrogens (primary N) is 1. The van der Waals surface area contributed by atoms with Gasteiger partial charge in [-0.3, -0.25) is 0 Å². The van der Waals surface area contributed by atoms with Crippen LogP contribution in [0.15, 0.2) is 18.2 Å². The number of halogens is 1. The highest BCUT2D eigenvalue weighted by Crippen LogP contribution is 2.31. The summed E-state index contributed by atoms with van der Waals surface area (Å²) in [5.41, 5.74) is 7.04. The highest BCUT2D eigenvalue weighted by Gasteiger charge is 2.21. The van der Waals surface area contributed by atoms with Crippen LogP contribution < -0.4 is 5.73 Å². The van der Waals surface area contributed by atoms with Crippen molar-refractivity contribution in [2.75, 3.05) is 0 Å². The van der Waals surface area contributed by atoms with Gasteiger partial charge < -0.3 is 5.73 Å². The first-order valence-corrected chi connectivity index (χ1v) is 5.51. The highest BCUT2D eigenvalue weighted by atomic mass is 35.5. The van der Waals surface area contributed by atoms with Crippen molar-refractivity contribution in [3.8, 4) is 0 Å². The van der Waals surface area contributed by atoms with E-state index < -0.39 is 0 Å². The average Bonchev–Trinajstić information content (AvgIpc) is 2.18. The largest absolute Gasteiger partial charge is 0.328 e.